The Morgan fingerprint density at radius 2 is 1.62 bits per heavy atom. The third-order valence-corrected chi connectivity index (χ3v) is 20.2. The van der Waals surface area contributed by atoms with Crippen LogP contribution in [0.15, 0.2) is 24.3 Å². The average Bonchev–Trinajstić information content (AvgIpc) is 3.12. The second kappa shape index (κ2) is 14.8. The van der Waals surface area contributed by atoms with Gasteiger partial charge in [-0.1, -0.05) is 79.2 Å². The summed E-state index contributed by atoms with van der Waals surface area (Å²) in [6, 6.07) is 0. The lowest BCUT2D eigenvalue weighted by atomic mass is 9.63. The number of hydrogen-bond donors (Lipinski definition) is 0. The number of rotatable bonds is 15. The molecule has 0 N–H and O–H groups in total. The van der Waals surface area contributed by atoms with Crippen LogP contribution in [0, 0.1) is 17.3 Å². The predicted molar refractivity (Wildman–Crippen MR) is 181 cm³/mol. The van der Waals surface area contributed by atoms with Gasteiger partial charge in [-0.3, -0.25) is 9.59 Å². The molecule has 7 heteroatoms. The van der Waals surface area contributed by atoms with Crippen LogP contribution >= 0.6 is 0 Å². The lowest BCUT2D eigenvalue weighted by molar-refractivity contribution is -0.140. The third kappa shape index (κ3) is 9.49. The van der Waals surface area contributed by atoms with Crippen molar-refractivity contribution in [1.29, 1.82) is 0 Å². The Kier molecular flexibility index (Phi) is 13.1. The molecule has 0 heterocycles. The van der Waals surface area contributed by atoms with E-state index in [2.05, 4.69) is 99.0 Å². The number of hydrogen-bond acceptors (Lipinski definition) is 5. The molecule has 0 radical (unpaired) electrons. The lowest BCUT2D eigenvalue weighted by Gasteiger charge is -2.51. The standard InChI is InChI=1S/C35H64O5Si2/c1-13-35(24-19-25-35)31(40-42(11,12)34(5,6)7)22-18-21-28-27(20-16-14-15-17-23-32(37)38-8)29(36)26-30(28)39-41(9,10)33(2,3)4/h14,16,18,21,27-28,30-31H,13,15,17,19-20,22-26H2,1-12H3/t27-,28+,30-,31?/m1/s1. The monoisotopic (exact) mass is 620 g/mol. The number of unbranched alkanes of at least 4 members (excludes halogenated alkanes) is 1. The highest BCUT2D eigenvalue weighted by atomic mass is 28.4. The Bertz CT molecular complexity index is 944. The van der Waals surface area contributed by atoms with Crippen LogP contribution in [0.5, 0.6) is 0 Å². The van der Waals surface area contributed by atoms with Crippen molar-refractivity contribution in [3.05, 3.63) is 24.3 Å². The van der Waals surface area contributed by atoms with E-state index in [1.54, 1.807) is 0 Å². The van der Waals surface area contributed by atoms with Crippen molar-refractivity contribution in [2.45, 2.75) is 161 Å². The summed E-state index contributed by atoms with van der Waals surface area (Å²) in [5, 5.41) is 0.254. The van der Waals surface area contributed by atoms with Crippen LogP contribution in [-0.2, 0) is 23.2 Å². The Morgan fingerprint density at radius 1 is 1.00 bits per heavy atom. The van der Waals surface area contributed by atoms with E-state index in [1.165, 1.54) is 26.4 Å². The van der Waals surface area contributed by atoms with E-state index >= 15 is 0 Å². The molecule has 5 nitrogen and oxygen atoms in total. The molecule has 2 saturated carbocycles. The van der Waals surface area contributed by atoms with Gasteiger partial charge in [0, 0.05) is 24.7 Å². The molecule has 2 rings (SSSR count). The molecule has 242 valence electrons. The summed E-state index contributed by atoms with van der Waals surface area (Å²) in [4.78, 5) is 24.8. The van der Waals surface area contributed by atoms with Gasteiger partial charge in [-0.15, -0.1) is 0 Å². The Hall–Kier alpha value is -1.03. The minimum absolute atomic E-state index is 0.0684. The van der Waals surface area contributed by atoms with Crippen molar-refractivity contribution >= 4 is 28.4 Å². The number of ether oxygens (including phenoxy) is 1. The van der Waals surface area contributed by atoms with Crippen molar-refractivity contribution in [3.8, 4) is 0 Å². The molecule has 2 fully saturated rings. The van der Waals surface area contributed by atoms with Gasteiger partial charge in [0.05, 0.1) is 19.3 Å². The van der Waals surface area contributed by atoms with Crippen LogP contribution in [0.4, 0.5) is 0 Å². The van der Waals surface area contributed by atoms with Crippen molar-refractivity contribution in [2.75, 3.05) is 7.11 Å². The van der Waals surface area contributed by atoms with Gasteiger partial charge in [0.15, 0.2) is 16.6 Å². The first-order valence-corrected chi connectivity index (χ1v) is 22.4. The summed E-state index contributed by atoms with van der Waals surface area (Å²) in [6.45, 7) is 25.4. The second-order valence-electron chi connectivity index (χ2n) is 16.0. The molecule has 0 aromatic rings. The molecule has 0 aromatic heterocycles. The summed E-state index contributed by atoms with van der Waals surface area (Å²) in [6.07, 6.45) is 18.1. The van der Waals surface area contributed by atoms with Crippen LogP contribution in [-0.4, -0.2) is 47.7 Å². The molecular weight excluding hydrogens is 557 g/mol. The number of Topliss-reactive ketones (excluding diaryl/α,β-unsaturated/α-hetero) is 1. The molecule has 0 saturated heterocycles. The first-order valence-electron chi connectivity index (χ1n) is 16.6. The maximum atomic E-state index is 13.4. The van der Waals surface area contributed by atoms with Crippen LogP contribution in [0.2, 0.25) is 36.3 Å². The van der Waals surface area contributed by atoms with Crippen molar-refractivity contribution in [1.82, 2.24) is 0 Å². The number of carbonyl (C=O) groups is 2. The van der Waals surface area contributed by atoms with Crippen molar-refractivity contribution in [2.24, 2.45) is 17.3 Å². The highest BCUT2D eigenvalue weighted by Gasteiger charge is 2.49. The number of methoxy groups -OCH3 is 1. The normalized spacial score (nSPS) is 24.4. The van der Waals surface area contributed by atoms with Crippen LogP contribution < -0.4 is 0 Å². The predicted octanol–water partition coefficient (Wildman–Crippen LogP) is 9.79. The van der Waals surface area contributed by atoms with Gasteiger partial charge in [0.25, 0.3) is 0 Å². The average molecular weight is 621 g/mol. The molecule has 2 aliphatic carbocycles. The summed E-state index contributed by atoms with van der Waals surface area (Å²) >= 11 is 0. The summed E-state index contributed by atoms with van der Waals surface area (Å²) in [7, 11) is -2.55. The fraction of sp³-hybridized carbons (Fsp3) is 0.829. The smallest absolute Gasteiger partial charge is 0.305 e. The Balaban J connectivity index is 2.27. The quantitative estimate of drug-likeness (QED) is 0.0789. The van der Waals surface area contributed by atoms with Crippen LogP contribution in [0.3, 0.4) is 0 Å². The van der Waals surface area contributed by atoms with E-state index in [4.69, 9.17) is 13.6 Å². The minimum Gasteiger partial charge on any atom is -0.469 e. The van der Waals surface area contributed by atoms with Gasteiger partial charge in [-0.05, 0) is 86.6 Å². The molecular formula is C35H64O5Si2. The summed E-state index contributed by atoms with van der Waals surface area (Å²) in [5.41, 5.74) is 0.273. The van der Waals surface area contributed by atoms with Crippen molar-refractivity contribution < 1.29 is 23.2 Å². The molecule has 0 spiro atoms. The summed E-state index contributed by atoms with van der Waals surface area (Å²) < 4.78 is 18.8. The molecule has 0 amide bonds. The van der Waals surface area contributed by atoms with E-state index in [1.807, 2.05) is 0 Å². The van der Waals surface area contributed by atoms with E-state index in [0.29, 0.717) is 25.0 Å². The van der Waals surface area contributed by atoms with Gasteiger partial charge in [-0.25, -0.2) is 0 Å². The lowest BCUT2D eigenvalue weighted by Crippen LogP contribution is -2.51. The zero-order chi connectivity index (χ0) is 32.0. The first kappa shape index (κ1) is 37.2. The van der Waals surface area contributed by atoms with E-state index in [9.17, 15) is 9.59 Å². The fourth-order valence-corrected chi connectivity index (χ4v) is 8.62. The van der Waals surface area contributed by atoms with Crippen LogP contribution in [0.1, 0.15) is 113 Å². The molecule has 0 aromatic carbocycles. The molecule has 0 aliphatic heterocycles. The summed E-state index contributed by atoms with van der Waals surface area (Å²) in [5.74, 6) is 0.133. The van der Waals surface area contributed by atoms with Gasteiger partial charge in [-0.2, -0.15) is 0 Å². The van der Waals surface area contributed by atoms with Gasteiger partial charge < -0.3 is 13.6 Å². The molecule has 1 unspecified atom stereocenters. The van der Waals surface area contributed by atoms with Crippen molar-refractivity contribution in [3.63, 3.8) is 0 Å². The largest absolute Gasteiger partial charge is 0.469 e. The number of ketones is 1. The number of allylic oxidation sites excluding steroid dienone is 2. The topological polar surface area (TPSA) is 61.8 Å². The molecule has 4 atom stereocenters. The van der Waals surface area contributed by atoms with E-state index in [-0.39, 0.29) is 45.5 Å². The second-order valence-corrected chi connectivity index (χ2v) is 25.6. The SMILES string of the molecule is CCC1(C(CC=C[C@@H]2[C@H](O[Si](C)(C)C(C)(C)C)CC(=O)[C@@H]2CC=CCCCC(=O)OC)O[Si](C)(C)C(C)(C)C)CCC1. The van der Waals surface area contributed by atoms with Gasteiger partial charge in [0.2, 0.25) is 0 Å². The van der Waals surface area contributed by atoms with Crippen LogP contribution in [0.25, 0.3) is 0 Å². The molecule has 42 heavy (non-hydrogen) atoms. The first-order chi connectivity index (χ1) is 19.3. The maximum absolute atomic E-state index is 13.4. The number of carbonyl (C=O) groups excluding carboxylic acids is 2. The van der Waals surface area contributed by atoms with E-state index in [0.717, 1.165) is 25.7 Å². The zero-order valence-corrected chi connectivity index (χ0v) is 31.2. The molecule has 0 bridgehead atoms. The van der Waals surface area contributed by atoms with Gasteiger partial charge >= 0.3 is 5.97 Å². The maximum Gasteiger partial charge on any atom is 0.305 e. The Labute approximate surface area is 260 Å². The highest BCUT2D eigenvalue weighted by Crippen LogP contribution is 2.51. The minimum atomic E-state index is -2.05. The number of esters is 1. The zero-order valence-electron chi connectivity index (χ0n) is 29.2. The molecule has 2 aliphatic rings. The van der Waals surface area contributed by atoms with E-state index < -0.39 is 16.6 Å². The van der Waals surface area contributed by atoms with Gasteiger partial charge in [0.1, 0.15) is 5.78 Å². The Morgan fingerprint density at radius 3 is 2.12 bits per heavy atom. The fourth-order valence-electron chi connectivity index (χ4n) is 5.86. The highest BCUT2D eigenvalue weighted by molar-refractivity contribution is 6.74. The third-order valence-electron chi connectivity index (χ3n) is 11.2.